The second-order valence-corrected chi connectivity index (χ2v) is 6.15. The molecular weight excluding hydrogens is 318 g/mol. The second kappa shape index (κ2) is 6.31. The fourth-order valence-corrected chi connectivity index (χ4v) is 3.24. The van der Waals surface area contributed by atoms with Crippen molar-refractivity contribution in [1.82, 2.24) is 14.9 Å². The number of nitrogens with zero attached hydrogens (tertiary/aromatic N) is 2. The summed E-state index contributed by atoms with van der Waals surface area (Å²) in [7, 11) is 0. The molecule has 6 nitrogen and oxygen atoms in total. The number of amides is 1. The van der Waals surface area contributed by atoms with Crippen LogP contribution in [0.4, 0.5) is 0 Å². The summed E-state index contributed by atoms with van der Waals surface area (Å²) in [5, 5.41) is 21.4. The van der Waals surface area contributed by atoms with Gasteiger partial charge >= 0.3 is 0 Å². The summed E-state index contributed by atoms with van der Waals surface area (Å²) in [4.78, 5) is 20.4. The van der Waals surface area contributed by atoms with E-state index in [0.717, 1.165) is 0 Å². The molecule has 1 amide bonds. The van der Waals surface area contributed by atoms with Crippen LogP contribution in [-0.2, 0) is 10.4 Å². The summed E-state index contributed by atoms with van der Waals surface area (Å²) < 4.78 is 0. The average Bonchev–Trinajstić information content (AvgIpc) is 3.09. The number of aliphatic hydroxyl groups is 2. The summed E-state index contributed by atoms with van der Waals surface area (Å²) in [5.74, 6) is -0.393. The number of imidazole rings is 1. The van der Waals surface area contributed by atoms with Gasteiger partial charge in [0, 0.05) is 23.7 Å². The van der Waals surface area contributed by atoms with Gasteiger partial charge in [0.15, 0.2) is 6.10 Å². The maximum atomic E-state index is 12.3. The summed E-state index contributed by atoms with van der Waals surface area (Å²) in [5.41, 5.74) is -0.00143. The molecule has 3 rings (SSSR count). The third-order valence-corrected chi connectivity index (χ3v) is 4.65. The van der Waals surface area contributed by atoms with Crippen LogP contribution in [-0.4, -0.2) is 44.1 Å². The molecule has 7 heteroatoms. The molecule has 1 aromatic heterocycles. The minimum atomic E-state index is -1.26. The number of aromatic nitrogens is 2. The first-order valence-corrected chi connectivity index (χ1v) is 7.81. The lowest BCUT2D eigenvalue weighted by molar-refractivity contribution is -0.145. The Labute approximate surface area is 138 Å². The quantitative estimate of drug-likeness (QED) is 0.795. The van der Waals surface area contributed by atoms with Crippen LogP contribution >= 0.6 is 11.6 Å². The van der Waals surface area contributed by atoms with Gasteiger partial charge in [0.25, 0.3) is 5.91 Å². The number of aliphatic hydroxyl groups excluding tert-OH is 1. The Balaban J connectivity index is 1.69. The summed E-state index contributed by atoms with van der Waals surface area (Å²) in [6, 6.07) is 7.20. The number of likely N-dealkylation sites (tertiary alicyclic amines) is 1. The van der Waals surface area contributed by atoms with E-state index in [-0.39, 0.29) is 0 Å². The number of piperidine rings is 1. The summed E-state index contributed by atoms with van der Waals surface area (Å²) in [6.45, 7) is 0.706. The number of halogens is 1. The molecule has 122 valence electrons. The summed E-state index contributed by atoms with van der Waals surface area (Å²) >= 11 is 6.17. The van der Waals surface area contributed by atoms with Crippen LogP contribution in [0.25, 0.3) is 0 Å². The average molecular weight is 336 g/mol. The highest BCUT2D eigenvalue weighted by Crippen LogP contribution is 2.37. The van der Waals surface area contributed by atoms with Gasteiger partial charge in [-0.3, -0.25) is 4.79 Å². The molecule has 3 N–H and O–H groups in total. The summed E-state index contributed by atoms with van der Waals surface area (Å²) in [6.07, 6.45) is 2.32. The van der Waals surface area contributed by atoms with E-state index in [1.165, 1.54) is 12.5 Å². The number of hydrogen-bond acceptors (Lipinski definition) is 4. The molecule has 0 saturated carbocycles. The lowest BCUT2D eigenvalue weighted by atomic mass is 9.84. The zero-order valence-corrected chi connectivity index (χ0v) is 13.2. The molecule has 0 bridgehead atoms. The van der Waals surface area contributed by atoms with Crippen molar-refractivity contribution in [2.24, 2.45) is 0 Å². The third-order valence-electron chi connectivity index (χ3n) is 4.33. The fraction of sp³-hybridized carbons (Fsp3) is 0.375. The number of nitrogens with one attached hydrogen (secondary N) is 1. The molecule has 2 heterocycles. The molecule has 23 heavy (non-hydrogen) atoms. The third kappa shape index (κ3) is 3.10. The maximum absolute atomic E-state index is 12.3. The van der Waals surface area contributed by atoms with Crippen LogP contribution in [0, 0.1) is 0 Å². The Morgan fingerprint density at radius 2 is 2.04 bits per heavy atom. The van der Waals surface area contributed by atoms with Gasteiger partial charge in [-0.05, 0) is 18.9 Å². The smallest absolute Gasteiger partial charge is 0.257 e. The Morgan fingerprint density at radius 3 is 2.65 bits per heavy atom. The van der Waals surface area contributed by atoms with Gasteiger partial charge in [0.1, 0.15) is 0 Å². The van der Waals surface area contributed by atoms with E-state index in [9.17, 15) is 15.0 Å². The second-order valence-electron chi connectivity index (χ2n) is 5.75. The number of benzene rings is 1. The SMILES string of the molecule is O=C(C(O)c1cnc[nH]1)N1CCC(O)(c2ccccc2Cl)CC1. The van der Waals surface area contributed by atoms with Crippen LogP contribution in [0.15, 0.2) is 36.8 Å². The topological polar surface area (TPSA) is 89.4 Å². The van der Waals surface area contributed by atoms with Crippen LogP contribution < -0.4 is 0 Å². The van der Waals surface area contributed by atoms with Crippen molar-refractivity contribution in [2.75, 3.05) is 13.1 Å². The molecule has 1 unspecified atom stereocenters. The molecule has 0 aliphatic carbocycles. The van der Waals surface area contributed by atoms with Gasteiger partial charge < -0.3 is 20.1 Å². The van der Waals surface area contributed by atoms with E-state index in [1.807, 2.05) is 12.1 Å². The molecule has 1 aromatic carbocycles. The van der Waals surface area contributed by atoms with Crippen LogP contribution in [0.5, 0.6) is 0 Å². The molecule has 0 spiro atoms. The Bertz CT molecular complexity index is 682. The zero-order chi connectivity index (χ0) is 16.4. The van der Waals surface area contributed by atoms with E-state index >= 15 is 0 Å². The number of H-pyrrole nitrogens is 1. The van der Waals surface area contributed by atoms with E-state index < -0.39 is 17.6 Å². The molecular formula is C16H18ClN3O3. The highest BCUT2D eigenvalue weighted by atomic mass is 35.5. The number of hydrogen-bond donors (Lipinski definition) is 3. The van der Waals surface area contributed by atoms with Crippen LogP contribution in [0.2, 0.25) is 5.02 Å². The molecule has 1 atom stereocenters. The number of carbonyl (C=O) groups is 1. The van der Waals surface area contributed by atoms with Crippen LogP contribution in [0.3, 0.4) is 0 Å². The zero-order valence-electron chi connectivity index (χ0n) is 12.4. The lowest BCUT2D eigenvalue weighted by Crippen LogP contribution is -2.46. The van der Waals surface area contributed by atoms with E-state index in [1.54, 1.807) is 17.0 Å². The lowest BCUT2D eigenvalue weighted by Gasteiger charge is -2.39. The monoisotopic (exact) mass is 335 g/mol. The predicted octanol–water partition coefficient (Wildman–Crippen LogP) is 1.61. The molecule has 0 radical (unpaired) electrons. The number of aromatic amines is 1. The Morgan fingerprint density at radius 1 is 1.35 bits per heavy atom. The molecule has 2 aromatic rings. The van der Waals surface area contributed by atoms with Crippen LogP contribution in [0.1, 0.15) is 30.2 Å². The van der Waals surface area contributed by atoms with Gasteiger partial charge in [-0.25, -0.2) is 4.98 Å². The van der Waals surface area contributed by atoms with Crippen molar-refractivity contribution >= 4 is 17.5 Å². The first-order chi connectivity index (χ1) is 11.0. The number of rotatable bonds is 3. The highest BCUT2D eigenvalue weighted by Gasteiger charge is 2.38. The van der Waals surface area contributed by atoms with Crippen molar-refractivity contribution in [3.05, 3.63) is 53.1 Å². The van der Waals surface area contributed by atoms with E-state index in [0.29, 0.717) is 42.2 Å². The predicted molar refractivity (Wildman–Crippen MR) is 84.7 cm³/mol. The first kappa shape index (κ1) is 16.0. The van der Waals surface area contributed by atoms with E-state index in [4.69, 9.17) is 11.6 Å². The van der Waals surface area contributed by atoms with Crippen molar-refractivity contribution in [1.29, 1.82) is 0 Å². The first-order valence-electron chi connectivity index (χ1n) is 7.44. The van der Waals surface area contributed by atoms with Gasteiger partial charge in [0.2, 0.25) is 0 Å². The van der Waals surface area contributed by atoms with Gasteiger partial charge in [0.05, 0.1) is 23.8 Å². The van der Waals surface area contributed by atoms with Crippen molar-refractivity contribution < 1.29 is 15.0 Å². The largest absolute Gasteiger partial charge is 0.385 e. The van der Waals surface area contributed by atoms with Crippen molar-refractivity contribution in [3.8, 4) is 0 Å². The maximum Gasteiger partial charge on any atom is 0.257 e. The minimum absolute atomic E-state index is 0.353. The van der Waals surface area contributed by atoms with Gasteiger partial charge in [-0.1, -0.05) is 29.8 Å². The molecule has 1 fully saturated rings. The highest BCUT2D eigenvalue weighted by molar-refractivity contribution is 6.31. The standard InChI is InChI=1S/C16H18ClN3O3/c17-12-4-2-1-3-11(12)16(23)5-7-20(8-6-16)15(22)14(21)13-9-18-10-19-13/h1-4,9-10,14,21,23H,5-8H2,(H,18,19). The normalized spacial score (nSPS) is 18.7. The molecule has 1 saturated heterocycles. The number of carbonyl (C=O) groups excluding carboxylic acids is 1. The fourth-order valence-electron chi connectivity index (χ4n) is 2.93. The molecule has 1 aliphatic heterocycles. The van der Waals surface area contributed by atoms with E-state index in [2.05, 4.69) is 9.97 Å². The minimum Gasteiger partial charge on any atom is -0.385 e. The van der Waals surface area contributed by atoms with Crippen molar-refractivity contribution in [3.63, 3.8) is 0 Å². The molecule has 1 aliphatic rings. The Kier molecular flexibility index (Phi) is 4.39. The van der Waals surface area contributed by atoms with Gasteiger partial charge in [-0.2, -0.15) is 0 Å². The Hall–Kier alpha value is -1.89. The van der Waals surface area contributed by atoms with Crippen molar-refractivity contribution in [2.45, 2.75) is 24.5 Å². The van der Waals surface area contributed by atoms with Gasteiger partial charge in [-0.15, -0.1) is 0 Å².